The molecule has 4 aliphatic carbocycles. The Morgan fingerprint density at radius 1 is 1.05 bits per heavy atom. The fourth-order valence-corrected chi connectivity index (χ4v) is 7.49. The molecule has 4 rings (SSSR count). The molecule has 3 saturated carbocycles. The molecule has 1 unspecified atom stereocenters. The van der Waals surface area contributed by atoms with E-state index in [2.05, 4.69) is 19.1 Å². The van der Waals surface area contributed by atoms with Gasteiger partial charge in [0.25, 0.3) is 0 Å². The van der Waals surface area contributed by atoms with Crippen LogP contribution in [0.5, 0.6) is 0 Å². The average Bonchev–Trinajstić information content (AvgIpc) is 2.88. The molecule has 0 bridgehead atoms. The number of hydrogen-bond acceptors (Lipinski definition) is 1. The van der Waals surface area contributed by atoms with E-state index in [1.807, 2.05) is 0 Å². The lowest BCUT2D eigenvalue weighted by molar-refractivity contribution is -0.0655. The van der Waals surface area contributed by atoms with Crippen molar-refractivity contribution in [2.75, 3.05) is 5.75 Å². The van der Waals surface area contributed by atoms with Gasteiger partial charge in [-0.2, -0.15) is 12.6 Å². The van der Waals surface area contributed by atoms with Crippen LogP contribution in [0.1, 0.15) is 64.7 Å². The van der Waals surface area contributed by atoms with Crippen molar-refractivity contribution >= 4 is 12.6 Å². The van der Waals surface area contributed by atoms with Gasteiger partial charge in [-0.25, -0.2) is 0 Å². The van der Waals surface area contributed by atoms with Gasteiger partial charge in [0.2, 0.25) is 0 Å². The highest BCUT2D eigenvalue weighted by molar-refractivity contribution is 7.80. The molecule has 0 spiro atoms. The Labute approximate surface area is 130 Å². The average molecular weight is 291 g/mol. The zero-order chi connectivity index (χ0) is 13.8. The smallest absolute Gasteiger partial charge is 0.00291 e. The number of fused-ring (bicyclic) bond motifs is 5. The van der Waals surface area contributed by atoms with Crippen LogP contribution in [-0.2, 0) is 0 Å². The standard InChI is InChI=1S/C19H30S/c1-18-10-4-6-16(18)15-8-7-14-5-2-3-11-19(14,13-20)17(15)9-12-18/h3,11,14-17,20H,2,4-10,12-13H2,1H3/t14?,15-,16-,17+,18-,19+/m0/s1. The first-order valence-corrected chi connectivity index (χ1v) is 9.61. The Hall–Kier alpha value is 0.0900. The third kappa shape index (κ3) is 1.74. The Balaban J connectivity index is 1.70. The highest BCUT2D eigenvalue weighted by atomic mass is 32.1. The van der Waals surface area contributed by atoms with Gasteiger partial charge in [-0.15, -0.1) is 0 Å². The minimum atomic E-state index is 0.466. The molecule has 4 aliphatic rings. The van der Waals surface area contributed by atoms with Crippen molar-refractivity contribution in [2.24, 2.45) is 34.5 Å². The molecule has 0 heterocycles. The van der Waals surface area contributed by atoms with Crippen molar-refractivity contribution in [1.29, 1.82) is 0 Å². The highest BCUT2D eigenvalue weighted by Gasteiger charge is 2.57. The molecule has 20 heavy (non-hydrogen) atoms. The van der Waals surface area contributed by atoms with Crippen LogP contribution < -0.4 is 0 Å². The van der Waals surface area contributed by atoms with E-state index in [1.165, 1.54) is 57.8 Å². The lowest BCUT2D eigenvalue weighted by Crippen LogP contribution is -2.52. The zero-order valence-electron chi connectivity index (χ0n) is 13.0. The van der Waals surface area contributed by atoms with Gasteiger partial charge >= 0.3 is 0 Å². The van der Waals surface area contributed by atoms with Gasteiger partial charge in [0.05, 0.1) is 0 Å². The summed E-state index contributed by atoms with van der Waals surface area (Å²) in [6.45, 7) is 2.61. The van der Waals surface area contributed by atoms with Gasteiger partial charge in [0, 0.05) is 5.41 Å². The number of thiol groups is 1. The molecule has 3 fully saturated rings. The lowest BCUT2D eigenvalue weighted by Gasteiger charge is -2.59. The maximum absolute atomic E-state index is 4.86. The van der Waals surface area contributed by atoms with Crippen LogP contribution >= 0.6 is 12.6 Å². The summed E-state index contributed by atoms with van der Waals surface area (Å²) < 4.78 is 0. The second-order valence-corrected chi connectivity index (χ2v) is 8.80. The fraction of sp³-hybridized carbons (Fsp3) is 0.895. The van der Waals surface area contributed by atoms with Gasteiger partial charge in [-0.05, 0) is 86.2 Å². The van der Waals surface area contributed by atoms with E-state index >= 15 is 0 Å². The minimum absolute atomic E-state index is 0.466. The summed E-state index contributed by atoms with van der Waals surface area (Å²) in [7, 11) is 0. The van der Waals surface area contributed by atoms with Crippen molar-refractivity contribution in [2.45, 2.75) is 64.7 Å². The predicted octanol–water partition coefficient (Wildman–Crippen LogP) is 5.50. The molecule has 112 valence electrons. The molecule has 0 aromatic rings. The maximum Gasteiger partial charge on any atom is 0.00291 e. The molecule has 1 heteroatoms. The Morgan fingerprint density at radius 3 is 2.80 bits per heavy atom. The third-order valence-electron chi connectivity index (χ3n) is 7.90. The molecule has 0 nitrogen and oxygen atoms in total. The van der Waals surface area contributed by atoms with Crippen LogP contribution in [0.3, 0.4) is 0 Å². The normalized spacial score (nSPS) is 54.1. The molecular formula is C19H30S. The van der Waals surface area contributed by atoms with Crippen LogP contribution in [0.4, 0.5) is 0 Å². The number of rotatable bonds is 1. The number of hydrogen-bond donors (Lipinski definition) is 1. The van der Waals surface area contributed by atoms with Crippen LogP contribution in [0.25, 0.3) is 0 Å². The SMILES string of the molecule is C[C@@]12CCC[C@H]1[C@@H]1CCC3CCC=C[C@]3(CS)[C@@H]1CC2. The summed E-state index contributed by atoms with van der Waals surface area (Å²) in [5, 5.41) is 0. The summed E-state index contributed by atoms with van der Waals surface area (Å²) in [6, 6.07) is 0. The highest BCUT2D eigenvalue weighted by Crippen LogP contribution is 2.65. The number of allylic oxidation sites excluding steroid dienone is 2. The van der Waals surface area contributed by atoms with Crippen molar-refractivity contribution < 1.29 is 0 Å². The van der Waals surface area contributed by atoms with E-state index in [0.717, 1.165) is 29.4 Å². The molecular weight excluding hydrogens is 260 g/mol. The van der Waals surface area contributed by atoms with Gasteiger partial charge in [-0.1, -0.05) is 25.5 Å². The van der Waals surface area contributed by atoms with Crippen molar-refractivity contribution in [3.05, 3.63) is 12.2 Å². The van der Waals surface area contributed by atoms with E-state index in [-0.39, 0.29) is 0 Å². The maximum atomic E-state index is 4.86. The molecule has 0 amide bonds. The Kier molecular flexibility index (Phi) is 3.29. The molecule has 0 aromatic heterocycles. The topological polar surface area (TPSA) is 0 Å². The second kappa shape index (κ2) is 4.80. The first-order chi connectivity index (χ1) is 9.70. The monoisotopic (exact) mass is 290 g/mol. The van der Waals surface area contributed by atoms with Crippen LogP contribution in [0.2, 0.25) is 0 Å². The van der Waals surface area contributed by atoms with E-state index in [9.17, 15) is 0 Å². The molecule has 0 saturated heterocycles. The molecule has 0 aliphatic heterocycles. The minimum Gasteiger partial charge on any atom is -0.178 e. The predicted molar refractivity (Wildman–Crippen MR) is 89.0 cm³/mol. The van der Waals surface area contributed by atoms with Crippen molar-refractivity contribution in [3.8, 4) is 0 Å². The van der Waals surface area contributed by atoms with Crippen molar-refractivity contribution in [1.82, 2.24) is 0 Å². The lowest BCUT2D eigenvalue weighted by atomic mass is 9.46. The Morgan fingerprint density at radius 2 is 1.95 bits per heavy atom. The molecule has 0 radical (unpaired) electrons. The van der Waals surface area contributed by atoms with Crippen LogP contribution in [0, 0.1) is 34.5 Å². The van der Waals surface area contributed by atoms with Gasteiger partial charge < -0.3 is 0 Å². The summed E-state index contributed by atoms with van der Waals surface area (Å²) >= 11 is 4.86. The third-order valence-corrected chi connectivity index (χ3v) is 8.45. The summed E-state index contributed by atoms with van der Waals surface area (Å²) in [6.07, 6.45) is 18.4. The molecule has 0 aromatic carbocycles. The van der Waals surface area contributed by atoms with Crippen LogP contribution in [0.15, 0.2) is 12.2 Å². The second-order valence-electron chi connectivity index (χ2n) is 8.49. The van der Waals surface area contributed by atoms with Gasteiger partial charge in [0.15, 0.2) is 0 Å². The van der Waals surface area contributed by atoms with Gasteiger partial charge in [0.1, 0.15) is 0 Å². The summed E-state index contributed by atoms with van der Waals surface area (Å²) in [5.74, 6) is 5.04. The first kappa shape index (κ1) is 13.7. The van der Waals surface area contributed by atoms with Gasteiger partial charge in [-0.3, -0.25) is 0 Å². The first-order valence-electron chi connectivity index (χ1n) is 8.98. The summed E-state index contributed by atoms with van der Waals surface area (Å²) in [5.41, 5.74) is 1.17. The fourth-order valence-electron chi connectivity index (χ4n) is 6.89. The van der Waals surface area contributed by atoms with E-state index in [1.54, 1.807) is 0 Å². The van der Waals surface area contributed by atoms with E-state index in [0.29, 0.717) is 10.8 Å². The molecule has 6 atom stereocenters. The van der Waals surface area contributed by atoms with E-state index < -0.39 is 0 Å². The zero-order valence-corrected chi connectivity index (χ0v) is 13.9. The van der Waals surface area contributed by atoms with E-state index in [4.69, 9.17) is 12.6 Å². The van der Waals surface area contributed by atoms with Crippen LogP contribution in [-0.4, -0.2) is 5.75 Å². The van der Waals surface area contributed by atoms with Crippen molar-refractivity contribution in [3.63, 3.8) is 0 Å². The quantitative estimate of drug-likeness (QED) is 0.479. The largest absolute Gasteiger partial charge is 0.178 e. The molecule has 0 N–H and O–H groups in total. The summed E-state index contributed by atoms with van der Waals surface area (Å²) in [4.78, 5) is 0. The Bertz CT molecular complexity index is 414.